The summed E-state index contributed by atoms with van der Waals surface area (Å²) < 4.78 is 11.4. The molecule has 4 nitrogen and oxygen atoms in total. The zero-order valence-electron chi connectivity index (χ0n) is 13.6. The third kappa shape index (κ3) is 5.30. The summed E-state index contributed by atoms with van der Waals surface area (Å²) in [5.74, 6) is -0.0730. The van der Waals surface area contributed by atoms with Crippen molar-refractivity contribution in [1.29, 1.82) is 0 Å². The van der Waals surface area contributed by atoms with Crippen LogP contribution in [0.15, 0.2) is 53.4 Å². The topological polar surface area (TPSA) is 58.2 Å². The minimum atomic E-state index is -0.942. The maximum Gasteiger partial charge on any atom is 0.221 e. The summed E-state index contributed by atoms with van der Waals surface area (Å²) in [4.78, 5) is 12.0. The average molecular weight is 330 g/mol. The first-order valence-corrected chi connectivity index (χ1v) is 9.05. The van der Waals surface area contributed by atoms with Crippen molar-refractivity contribution in [3.05, 3.63) is 59.7 Å². The van der Waals surface area contributed by atoms with E-state index in [9.17, 15) is 9.00 Å². The molecule has 0 saturated heterocycles. The standard InChI is InChI=1S/C18H22N2O2S/c1-13(16-5-4-6-17(11-16)20-14(2)21)19-12-15-7-9-18(10-8-15)23(3)22/h4-11,13,19H,12H2,1-3H3,(H,20,21)/t13-,23+/m0/s1. The third-order valence-corrected chi connectivity index (χ3v) is 4.51. The second-order valence-corrected chi connectivity index (χ2v) is 6.89. The molecule has 2 aromatic carbocycles. The molecule has 0 spiro atoms. The molecule has 5 heteroatoms. The normalized spacial score (nSPS) is 13.3. The molecule has 23 heavy (non-hydrogen) atoms. The molecule has 0 unspecified atom stereocenters. The Hall–Kier alpha value is -1.98. The zero-order chi connectivity index (χ0) is 16.8. The van der Waals surface area contributed by atoms with Gasteiger partial charge in [-0.05, 0) is 42.3 Å². The van der Waals surface area contributed by atoms with Crippen molar-refractivity contribution < 1.29 is 9.00 Å². The van der Waals surface area contributed by atoms with Crippen LogP contribution in [0.1, 0.15) is 31.0 Å². The van der Waals surface area contributed by atoms with Crippen LogP contribution >= 0.6 is 0 Å². The maximum absolute atomic E-state index is 11.4. The second-order valence-electron chi connectivity index (χ2n) is 5.51. The summed E-state index contributed by atoms with van der Waals surface area (Å²) >= 11 is 0. The van der Waals surface area contributed by atoms with Crippen LogP contribution in [-0.2, 0) is 22.1 Å². The zero-order valence-corrected chi connectivity index (χ0v) is 14.4. The van der Waals surface area contributed by atoms with Gasteiger partial charge in [0.1, 0.15) is 0 Å². The van der Waals surface area contributed by atoms with Gasteiger partial charge in [-0.15, -0.1) is 0 Å². The van der Waals surface area contributed by atoms with Crippen LogP contribution in [0.4, 0.5) is 5.69 Å². The lowest BCUT2D eigenvalue weighted by atomic mass is 10.1. The first-order chi connectivity index (χ1) is 11.0. The Bertz CT molecular complexity index is 698. The Morgan fingerprint density at radius 2 is 1.87 bits per heavy atom. The highest BCUT2D eigenvalue weighted by Crippen LogP contribution is 2.18. The lowest BCUT2D eigenvalue weighted by Gasteiger charge is -2.15. The van der Waals surface area contributed by atoms with E-state index in [1.54, 1.807) is 6.26 Å². The molecule has 0 bridgehead atoms. The quantitative estimate of drug-likeness (QED) is 0.855. The minimum Gasteiger partial charge on any atom is -0.326 e. The number of carbonyl (C=O) groups is 1. The Morgan fingerprint density at radius 1 is 1.17 bits per heavy atom. The maximum atomic E-state index is 11.4. The monoisotopic (exact) mass is 330 g/mol. The third-order valence-electron chi connectivity index (χ3n) is 3.57. The molecule has 0 fully saturated rings. The molecule has 0 saturated carbocycles. The molecule has 0 aliphatic heterocycles. The molecule has 0 radical (unpaired) electrons. The van der Waals surface area contributed by atoms with Crippen LogP contribution in [0.5, 0.6) is 0 Å². The predicted molar refractivity (Wildman–Crippen MR) is 94.8 cm³/mol. The number of rotatable bonds is 6. The van der Waals surface area contributed by atoms with E-state index >= 15 is 0 Å². The first-order valence-electron chi connectivity index (χ1n) is 7.49. The van der Waals surface area contributed by atoms with Gasteiger partial charge in [-0.1, -0.05) is 24.3 Å². The van der Waals surface area contributed by atoms with Gasteiger partial charge in [-0.3, -0.25) is 9.00 Å². The molecular formula is C18H22N2O2S. The number of nitrogens with one attached hydrogen (secondary N) is 2. The van der Waals surface area contributed by atoms with Crippen molar-refractivity contribution in [1.82, 2.24) is 5.32 Å². The van der Waals surface area contributed by atoms with E-state index in [1.165, 1.54) is 6.92 Å². The van der Waals surface area contributed by atoms with Gasteiger partial charge in [0, 0.05) is 47.1 Å². The molecule has 0 aromatic heterocycles. The van der Waals surface area contributed by atoms with E-state index in [0.29, 0.717) is 0 Å². The molecule has 2 atom stereocenters. The van der Waals surface area contributed by atoms with Gasteiger partial charge in [0.25, 0.3) is 0 Å². The average Bonchev–Trinajstić information content (AvgIpc) is 2.52. The van der Waals surface area contributed by atoms with Crippen LogP contribution in [0, 0.1) is 0 Å². The fraction of sp³-hybridized carbons (Fsp3) is 0.278. The molecule has 1 amide bonds. The molecular weight excluding hydrogens is 308 g/mol. The summed E-state index contributed by atoms with van der Waals surface area (Å²) in [7, 11) is -0.942. The van der Waals surface area contributed by atoms with Crippen LogP contribution in [0.25, 0.3) is 0 Å². The highest BCUT2D eigenvalue weighted by molar-refractivity contribution is 7.84. The van der Waals surface area contributed by atoms with Gasteiger partial charge in [-0.25, -0.2) is 0 Å². The smallest absolute Gasteiger partial charge is 0.221 e. The minimum absolute atomic E-state index is 0.0730. The Labute approximate surface area is 139 Å². The lowest BCUT2D eigenvalue weighted by molar-refractivity contribution is -0.114. The Balaban J connectivity index is 1.97. The molecule has 0 aliphatic rings. The van der Waals surface area contributed by atoms with Gasteiger partial charge in [0.15, 0.2) is 0 Å². The van der Waals surface area contributed by atoms with Crippen LogP contribution in [0.3, 0.4) is 0 Å². The predicted octanol–water partition coefficient (Wildman–Crippen LogP) is 3.23. The van der Waals surface area contributed by atoms with Gasteiger partial charge in [-0.2, -0.15) is 0 Å². The van der Waals surface area contributed by atoms with Crippen molar-refractivity contribution in [2.45, 2.75) is 31.3 Å². The van der Waals surface area contributed by atoms with Gasteiger partial charge < -0.3 is 10.6 Å². The van der Waals surface area contributed by atoms with Crippen LogP contribution < -0.4 is 10.6 Å². The number of hydrogen-bond donors (Lipinski definition) is 2. The van der Waals surface area contributed by atoms with Crippen molar-refractivity contribution in [2.24, 2.45) is 0 Å². The van der Waals surface area contributed by atoms with E-state index in [2.05, 4.69) is 17.6 Å². The van der Waals surface area contributed by atoms with Crippen molar-refractivity contribution in [3.63, 3.8) is 0 Å². The summed E-state index contributed by atoms with van der Waals surface area (Å²) in [6.07, 6.45) is 1.68. The summed E-state index contributed by atoms with van der Waals surface area (Å²) in [5.41, 5.74) is 3.06. The Kier molecular flexibility index (Phi) is 6.07. The van der Waals surface area contributed by atoms with Crippen molar-refractivity contribution in [2.75, 3.05) is 11.6 Å². The molecule has 2 aromatic rings. The number of amides is 1. The van der Waals surface area contributed by atoms with E-state index in [4.69, 9.17) is 0 Å². The summed E-state index contributed by atoms with van der Waals surface area (Å²) in [6.45, 7) is 4.31. The highest BCUT2D eigenvalue weighted by atomic mass is 32.2. The van der Waals surface area contributed by atoms with Gasteiger partial charge in [0.05, 0.1) is 0 Å². The van der Waals surface area contributed by atoms with Gasteiger partial charge in [0.2, 0.25) is 5.91 Å². The Morgan fingerprint density at radius 3 is 2.48 bits per heavy atom. The first kappa shape index (κ1) is 17.4. The summed E-state index contributed by atoms with van der Waals surface area (Å²) in [5, 5.41) is 6.25. The van der Waals surface area contributed by atoms with E-state index in [-0.39, 0.29) is 11.9 Å². The van der Waals surface area contributed by atoms with E-state index in [0.717, 1.165) is 28.3 Å². The molecule has 2 N–H and O–H groups in total. The summed E-state index contributed by atoms with van der Waals surface area (Å²) in [6, 6.07) is 15.8. The second kappa shape index (κ2) is 8.04. The number of anilines is 1. The number of carbonyl (C=O) groups excluding carboxylic acids is 1. The van der Waals surface area contributed by atoms with Crippen molar-refractivity contribution in [3.8, 4) is 0 Å². The van der Waals surface area contributed by atoms with Crippen LogP contribution in [-0.4, -0.2) is 16.4 Å². The fourth-order valence-electron chi connectivity index (χ4n) is 2.28. The highest BCUT2D eigenvalue weighted by Gasteiger charge is 2.06. The fourth-order valence-corrected chi connectivity index (χ4v) is 2.80. The molecule has 122 valence electrons. The van der Waals surface area contributed by atoms with Gasteiger partial charge >= 0.3 is 0 Å². The SMILES string of the molecule is CC(=O)Nc1cccc([C@H](C)NCc2ccc([S@@](C)=O)cc2)c1. The number of hydrogen-bond acceptors (Lipinski definition) is 3. The van der Waals surface area contributed by atoms with E-state index < -0.39 is 10.8 Å². The lowest BCUT2D eigenvalue weighted by Crippen LogP contribution is -2.18. The molecule has 2 rings (SSSR count). The van der Waals surface area contributed by atoms with Crippen LogP contribution in [0.2, 0.25) is 0 Å². The van der Waals surface area contributed by atoms with Crippen molar-refractivity contribution >= 4 is 22.4 Å². The largest absolute Gasteiger partial charge is 0.326 e. The van der Waals surface area contributed by atoms with E-state index in [1.807, 2.05) is 48.5 Å². The molecule has 0 heterocycles. The molecule has 0 aliphatic carbocycles. The number of benzene rings is 2.